The number of pyridine rings is 1. The van der Waals surface area contributed by atoms with Crippen LogP contribution in [0.4, 0.5) is 0 Å². The zero-order chi connectivity index (χ0) is 14.8. The van der Waals surface area contributed by atoms with Crippen LogP contribution in [0.3, 0.4) is 0 Å². The van der Waals surface area contributed by atoms with Gasteiger partial charge in [0.25, 0.3) is 0 Å². The van der Waals surface area contributed by atoms with Crippen LogP contribution in [0.25, 0.3) is 0 Å². The van der Waals surface area contributed by atoms with Crippen molar-refractivity contribution in [2.75, 3.05) is 6.54 Å². The number of hydrogen-bond acceptors (Lipinski definition) is 4. The molecule has 0 bridgehead atoms. The summed E-state index contributed by atoms with van der Waals surface area (Å²) in [5, 5.41) is 10.6. The fraction of sp³-hybridized carbons (Fsp3) is 0.615. The molecular weight excluding hydrogens is 300 g/mol. The fourth-order valence-electron chi connectivity index (χ4n) is 2.31. The van der Waals surface area contributed by atoms with Crippen LogP contribution >= 0.6 is 11.6 Å². The van der Waals surface area contributed by atoms with Crippen LogP contribution in [0, 0.1) is 5.92 Å². The second-order valence-electron chi connectivity index (χ2n) is 5.55. The molecule has 1 heterocycles. The van der Waals surface area contributed by atoms with Gasteiger partial charge in [0.2, 0.25) is 10.0 Å². The molecule has 0 saturated heterocycles. The van der Waals surface area contributed by atoms with Crippen LogP contribution in [0.5, 0.6) is 0 Å². The summed E-state index contributed by atoms with van der Waals surface area (Å²) in [5.41, 5.74) is -0.945. The Morgan fingerprint density at radius 1 is 1.45 bits per heavy atom. The van der Waals surface area contributed by atoms with Gasteiger partial charge in [0.05, 0.1) is 5.60 Å². The van der Waals surface area contributed by atoms with Gasteiger partial charge in [-0.1, -0.05) is 18.5 Å². The molecule has 1 aromatic heterocycles. The molecule has 0 unspecified atom stereocenters. The number of rotatable bonds is 4. The molecule has 0 radical (unpaired) electrons. The van der Waals surface area contributed by atoms with Crippen molar-refractivity contribution in [2.24, 2.45) is 5.92 Å². The lowest BCUT2D eigenvalue weighted by Crippen LogP contribution is -2.45. The van der Waals surface area contributed by atoms with Gasteiger partial charge in [-0.3, -0.25) is 0 Å². The van der Waals surface area contributed by atoms with Gasteiger partial charge in [-0.15, -0.1) is 0 Å². The summed E-state index contributed by atoms with van der Waals surface area (Å²) in [5.74, 6) is 0.590. The zero-order valence-corrected chi connectivity index (χ0v) is 12.9. The van der Waals surface area contributed by atoms with E-state index in [1.54, 1.807) is 0 Å². The Bertz CT molecular complexity index is 551. The Balaban J connectivity index is 2.00. The molecular formula is C13H19ClN2O3S. The molecule has 1 aliphatic rings. The molecule has 1 saturated carbocycles. The minimum atomic E-state index is -3.66. The van der Waals surface area contributed by atoms with Gasteiger partial charge in [0, 0.05) is 12.7 Å². The van der Waals surface area contributed by atoms with Gasteiger partial charge < -0.3 is 5.11 Å². The van der Waals surface area contributed by atoms with Crippen LogP contribution in [-0.2, 0) is 10.0 Å². The maximum Gasteiger partial charge on any atom is 0.242 e. The summed E-state index contributed by atoms with van der Waals surface area (Å²) in [6, 6.07) is 2.82. The van der Waals surface area contributed by atoms with Crippen molar-refractivity contribution in [2.45, 2.75) is 43.1 Å². The normalized spacial score (nSPS) is 27.4. The Labute approximate surface area is 124 Å². The third kappa shape index (κ3) is 3.91. The van der Waals surface area contributed by atoms with E-state index >= 15 is 0 Å². The summed E-state index contributed by atoms with van der Waals surface area (Å²) in [6.07, 6.45) is 4.28. The van der Waals surface area contributed by atoms with Gasteiger partial charge in [0.15, 0.2) is 0 Å². The first-order valence-corrected chi connectivity index (χ1v) is 8.50. The van der Waals surface area contributed by atoms with Crippen LogP contribution in [0.2, 0.25) is 5.15 Å². The maximum atomic E-state index is 12.1. The second-order valence-corrected chi connectivity index (χ2v) is 7.70. The number of hydrogen-bond donors (Lipinski definition) is 2. The van der Waals surface area contributed by atoms with Crippen molar-refractivity contribution < 1.29 is 13.5 Å². The van der Waals surface area contributed by atoms with Crippen molar-refractivity contribution in [3.05, 3.63) is 23.5 Å². The molecule has 0 amide bonds. The number of sulfonamides is 1. The average Bonchev–Trinajstić information content (AvgIpc) is 2.41. The lowest BCUT2D eigenvalue weighted by atomic mass is 9.80. The Morgan fingerprint density at radius 3 is 2.65 bits per heavy atom. The summed E-state index contributed by atoms with van der Waals surface area (Å²) < 4.78 is 26.6. The van der Waals surface area contributed by atoms with E-state index in [9.17, 15) is 13.5 Å². The predicted octanol–water partition coefficient (Wildman–Crippen LogP) is 1.95. The quantitative estimate of drug-likeness (QED) is 0.832. The van der Waals surface area contributed by atoms with Gasteiger partial charge in [-0.2, -0.15) is 0 Å². The van der Waals surface area contributed by atoms with Crippen molar-refractivity contribution >= 4 is 21.6 Å². The minimum absolute atomic E-state index is 0.0324. The van der Waals surface area contributed by atoms with Crippen molar-refractivity contribution in [3.63, 3.8) is 0 Å². The second kappa shape index (κ2) is 5.97. The van der Waals surface area contributed by atoms with E-state index in [2.05, 4.69) is 16.6 Å². The molecule has 2 rings (SSSR count). The molecule has 0 aliphatic heterocycles. The summed E-state index contributed by atoms with van der Waals surface area (Å²) in [4.78, 5) is 3.80. The highest BCUT2D eigenvalue weighted by Gasteiger charge is 2.33. The first kappa shape index (κ1) is 15.7. The molecule has 0 aromatic carbocycles. The number of aliphatic hydroxyl groups is 1. The van der Waals surface area contributed by atoms with E-state index < -0.39 is 15.6 Å². The third-order valence-electron chi connectivity index (χ3n) is 3.81. The average molecular weight is 319 g/mol. The molecule has 0 spiro atoms. The number of nitrogens with one attached hydrogen (secondary N) is 1. The van der Waals surface area contributed by atoms with Crippen LogP contribution in [0.1, 0.15) is 32.6 Å². The largest absolute Gasteiger partial charge is 0.389 e. The highest BCUT2D eigenvalue weighted by Crippen LogP contribution is 2.31. The summed E-state index contributed by atoms with van der Waals surface area (Å²) in [6.45, 7) is 2.17. The summed E-state index contributed by atoms with van der Waals surface area (Å²) >= 11 is 5.63. The van der Waals surface area contributed by atoms with E-state index in [1.807, 2.05) is 0 Å². The molecule has 1 aliphatic carbocycles. The smallest absolute Gasteiger partial charge is 0.242 e. The fourth-order valence-corrected chi connectivity index (χ4v) is 3.49. The van der Waals surface area contributed by atoms with E-state index in [4.69, 9.17) is 11.6 Å². The highest BCUT2D eigenvalue weighted by molar-refractivity contribution is 7.89. The topological polar surface area (TPSA) is 79.3 Å². The van der Waals surface area contributed by atoms with E-state index in [0.717, 1.165) is 12.8 Å². The van der Waals surface area contributed by atoms with Crippen LogP contribution < -0.4 is 4.72 Å². The zero-order valence-electron chi connectivity index (χ0n) is 11.3. The number of aromatic nitrogens is 1. The Kier molecular flexibility index (Phi) is 4.69. The van der Waals surface area contributed by atoms with Crippen molar-refractivity contribution in [1.29, 1.82) is 0 Å². The monoisotopic (exact) mass is 318 g/mol. The lowest BCUT2D eigenvalue weighted by Gasteiger charge is -2.34. The Morgan fingerprint density at radius 2 is 2.10 bits per heavy atom. The highest BCUT2D eigenvalue weighted by atomic mass is 35.5. The number of halogens is 1. The molecule has 20 heavy (non-hydrogen) atoms. The summed E-state index contributed by atoms with van der Waals surface area (Å²) in [7, 11) is -3.66. The first-order valence-electron chi connectivity index (χ1n) is 6.64. The van der Waals surface area contributed by atoms with Gasteiger partial charge in [-0.05, 0) is 43.7 Å². The van der Waals surface area contributed by atoms with Crippen LogP contribution in [0.15, 0.2) is 23.2 Å². The van der Waals surface area contributed by atoms with E-state index in [-0.39, 0.29) is 16.6 Å². The molecule has 112 valence electrons. The van der Waals surface area contributed by atoms with Crippen LogP contribution in [-0.4, -0.2) is 30.7 Å². The molecule has 5 nitrogen and oxygen atoms in total. The SMILES string of the molecule is CC1CCC(O)(CNS(=O)(=O)c2ccc(Cl)nc2)CC1. The van der Waals surface area contributed by atoms with Crippen molar-refractivity contribution in [1.82, 2.24) is 9.71 Å². The maximum absolute atomic E-state index is 12.1. The Hall–Kier alpha value is -0.690. The van der Waals surface area contributed by atoms with Crippen molar-refractivity contribution in [3.8, 4) is 0 Å². The van der Waals surface area contributed by atoms with Gasteiger partial charge in [-0.25, -0.2) is 18.1 Å². The molecule has 1 fully saturated rings. The predicted molar refractivity (Wildman–Crippen MR) is 77.0 cm³/mol. The van der Waals surface area contributed by atoms with E-state index in [0.29, 0.717) is 18.8 Å². The molecule has 0 atom stereocenters. The lowest BCUT2D eigenvalue weighted by molar-refractivity contribution is -0.00182. The minimum Gasteiger partial charge on any atom is -0.389 e. The number of nitrogens with zero attached hydrogens (tertiary/aromatic N) is 1. The van der Waals surface area contributed by atoms with Gasteiger partial charge >= 0.3 is 0 Å². The molecule has 7 heteroatoms. The van der Waals surface area contributed by atoms with Gasteiger partial charge in [0.1, 0.15) is 10.0 Å². The molecule has 1 aromatic rings. The standard InChI is InChI=1S/C13H19ClN2O3S/c1-10-4-6-13(17,7-5-10)9-16-20(18,19)11-2-3-12(14)15-8-11/h2-3,8,10,16-17H,4-7,9H2,1H3. The first-order chi connectivity index (χ1) is 9.31. The van der Waals surface area contributed by atoms with E-state index in [1.165, 1.54) is 18.3 Å². The molecule has 2 N–H and O–H groups in total. The third-order valence-corrected chi connectivity index (χ3v) is 5.42.